The second kappa shape index (κ2) is 15.0. The number of rotatable bonds is 6. The van der Waals surface area contributed by atoms with Crippen LogP contribution in [0.2, 0.25) is 0 Å². The van der Waals surface area contributed by atoms with E-state index in [0.29, 0.717) is 29.8 Å². The van der Waals surface area contributed by atoms with Gasteiger partial charge in [-0.05, 0) is 112 Å². The molecule has 0 atom stereocenters. The van der Waals surface area contributed by atoms with Crippen LogP contribution >= 0.6 is 7.92 Å². The van der Waals surface area contributed by atoms with Crippen molar-refractivity contribution in [3.8, 4) is 33.4 Å². The molecule has 13 heteroatoms. The Morgan fingerprint density at radius 3 is 1.09 bits per heavy atom. The maximum atomic E-state index is 14.1. The average Bonchev–Trinajstić information content (AvgIpc) is 3.11. The third-order valence-corrected chi connectivity index (χ3v) is 13.8. The molecule has 0 amide bonds. The van der Waals surface area contributed by atoms with E-state index in [-0.39, 0.29) is 40.1 Å². The number of benzene rings is 4. The van der Waals surface area contributed by atoms with E-state index in [1.54, 1.807) is 18.2 Å². The molecule has 0 aromatic heterocycles. The largest absolute Gasteiger partial charge is 0.416 e. The molecule has 2 fully saturated rings. The molecule has 0 aliphatic heterocycles. The van der Waals surface area contributed by atoms with Crippen LogP contribution in [0.1, 0.15) is 86.5 Å². The minimum absolute atomic E-state index is 0.0191. The van der Waals surface area contributed by atoms with E-state index in [2.05, 4.69) is 0 Å². The van der Waals surface area contributed by atoms with Crippen LogP contribution in [0.5, 0.6) is 0 Å². The highest BCUT2D eigenvalue weighted by atomic mass is 31.1. The lowest BCUT2D eigenvalue weighted by molar-refractivity contribution is -0.144. The van der Waals surface area contributed by atoms with Crippen molar-refractivity contribution < 1.29 is 52.7 Å². The second-order valence-corrected chi connectivity index (χ2v) is 16.6. The lowest BCUT2D eigenvalue weighted by Crippen LogP contribution is -2.27. The van der Waals surface area contributed by atoms with Crippen molar-refractivity contribution in [1.29, 1.82) is 0 Å². The van der Waals surface area contributed by atoms with Crippen LogP contribution in [0.15, 0.2) is 78.9 Å². The topological polar surface area (TPSA) is 0 Å². The van der Waals surface area contributed by atoms with Crippen LogP contribution < -0.4 is 5.30 Å². The summed E-state index contributed by atoms with van der Waals surface area (Å²) in [5.74, 6) is 0. The zero-order valence-electron chi connectivity index (χ0n) is 28.2. The molecule has 0 saturated heterocycles. The molecule has 0 radical (unpaired) electrons. The molecule has 53 heavy (non-hydrogen) atoms. The maximum Gasteiger partial charge on any atom is 0.416 e. The van der Waals surface area contributed by atoms with Gasteiger partial charge in [-0.2, -0.15) is 52.7 Å². The van der Waals surface area contributed by atoms with Crippen molar-refractivity contribution in [1.82, 2.24) is 0 Å². The predicted molar refractivity (Wildman–Crippen MR) is 183 cm³/mol. The van der Waals surface area contributed by atoms with Gasteiger partial charge in [0, 0.05) is 0 Å². The van der Waals surface area contributed by atoms with Gasteiger partial charge in [0.1, 0.15) is 0 Å². The Hall–Kier alpha value is -3.53. The van der Waals surface area contributed by atoms with Crippen LogP contribution in [-0.2, 0) is 24.7 Å². The molecule has 0 nitrogen and oxygen atoms in total. The lowest BCUT2D eigenvalue weighted by atomic mass is 9.85. The molecule has 6 rings (SSSR count). The fourth-order valence-electron chi connectivity index (χ4n) is 7.86. The van der Waals surface area contributed by atoms with Crippen molar-refractivity contribution in [3.63, 3.8) is 0 Å². The van der Waals surface area contributed by atoms with Crippen LogP contribution in [-0.4, -0.2) is 11.3 Å². The first kappa shape index (κ1) is 39.2. The van der Waals surface area contributed by atoms with Crippen LogP contribution in [0, 0.1) is 0 Å². The molecular formula is C40H35F12P. The van der Waals surface area contributed by atoms with Gasteiger partial charge in [0.15, 0.2) is 0 Å². The van der Waals surface area contributed by atoms with E-state index in [9.17, 15) is 52.7 Å². The molecule has 0 spiro atoms. The first-order chi connectivity index (χ1) is 24.8. The molecule has 284 valence electrons. The summed E-state index contributed by atoms with van der Waals surface area (Å²) < 4.78 is 170. The van der Waals surface area contributed by atoms with Crippen molar-refractivity contribution in [3.05, 3.63) is 101 Å². The summed E-state index contributed by atoms with van der Waals surface area (Å²) in [6.07, 6.45) is -11.1. The van der Waals surface area contributed by atoms with E-state index in [4.69, 9.17) is 0 Å². The van der Waals surface area contributed by atoms with Gasteiger partial charge in [-0.3, -0.25) is 0 Å². The van der Waals surface area contributed by atoms with Crippen molar-refractivity contribution in [2.45, 2.75) is 100 Å². The summed E-state index contributed by atoms with van der Waals surface area (Å²) in [5, 5.41) is 0.793. The SMILES string of the molecule is FC(F)(F)c1cc(-c2cccc(-c3cc(C(F)(F)F)cc(C(F)(F)F)c3)c2-c2ccccc2P(C2CCCCC2)C2CCCCC2)cc(C(F)(F)F)c1. The van der Waals surface area contributed by atoms with Gasteiger partial charge in [0.25, 0.3) is 0 Å². The Balaban J connectivity index is 1.71. The molecule has 0 bridgehead atoms. The monoisotopic (exact) mass is 774 g/mol. The highest BCUT2D eigenvalue weighted by molar-refractivity contribution is 7.67. The summed E-state index contributed by atoms with van der Waals surface area (Å²) >= 11 is 0. The summed E-state index contributed by atoms with van der Waals surface area (Å²) in [6, 6.07) is 12.8. The lowest BCUT2D eigenvalue weighted by Gasteiger charge is -2.40. The highest BCUT2D eigenvalue weighted by Crippen LogP contribution is 2.57. The zero-order chi connectivity index (χ0) is 38.3. The van der Waals surface area contributed by atoms with Crippen molar-refractivity contribution in [2.75, 3.05) is 0 Å². The third kappa shape index (κ3) is 8.73. The molecule has 0 heterocycles. The van der Waals surface area contributed by atoms with Gasteiger partial charge in [0.05, 0.1) is 22.3 Å². The standard InChI is InChI=1S/C40H35F12P/c41-37(42,43)26-18-24(19-27(22-26)38(44,45)46)32-15-9-16-33(25-20-28(39(47,48)49)23-29(21-25)40(50,51)52)36(32)34-14-7-8-17-35(34)53(30-10-3-1-4-11-30)31-12-5-2-6-13-31/h7-9,14-23,30-31H,1-6,10-13H2. The number of hydrogen-bond donors (Lipinski definition) is 0. The second-order valence-electron chi connectivity index (χ2n) is 13.8. The normalized spacial score (nSPS) is 17.1. The van der Waals surface area contributed by atoms with Crippen LogP contribution in [0.4, 0.5) is 52.7 Å². The van der Waals surface area contributed by atoms with E-state index in [0.717, 1.165) is 69.5 Å². The summed E-state index contributed by atoms with van der Waals surface area (Å²) in [5.41, 5.74) is -6.98. The van der Waals surface area contributed by atoms with Gasteiger partial charge in [-0.1, -0.05) is 88.9 Å². The fourth-order valence-corrected chi connectivity index (χ4v) is 11.8. The van der Waals surface area contributed by atoms with Crippen LogP contribution in [0.3, 0.4) is 0 Å². The minimum Gasteiger partial charge on any atom is -0.166 e. The van der Waals surface area contributed by atoms with Crippen molar-refractivity contribution >= 4 is 13.2 Å². The molecule has 4 aromatic carbocycles. The number of hydrogen-bond acceptors (Lipinski definition) is 0. The minimum atomic E-state index is -5.20. The van der Waals surface area contributed by atoms with Gasteiger partial charge >= 0.3 is 24.7 Å². The Labute approximate surface area is 300 Å². The molecular weight excluding hydrogens is 739 g/mol. The molecule has 0 unspecified atom stereocenters. The Morgan fingerprint density at radius 2 is 0.736 bits per heavy atom. The Kier molecular flexibility index (Phi) is 11.1. The van der Waals surface area contributed by atoms with Crippen LogP contribution in [0.25, 0.3) is 33.4 Å². The molecule has 0 N–H and O–H groups in total. The number of halogens is 12. The molecule has 4 aromatic rings. The first-order valence-corrected chi connectivity index (χ1v) is 18.9. The Bertz CT molecular complexity index is 1730. The molecule has 2 saturated carbocycles. The Morgan fingerprint density at radius 1 is 0.396 bits per heavy atom. The van der Waals surface area contributed by atoms with Gasteiger partial charge in [-0.25, -0.2) is 0 Å². The summed E-state index contributed by atoms with van der Waals surface area (Å²) in [4.78, 5) is 0. The zero-order valence-corrected chi connectivity index (χ0v) is 29.1. The van der Waals surface area contributed by atoms with E-state index < -0.39 is 66.0 Å². The van der Waals surface area contributed by atoms with E-state index >= 15 is 0 Å². The van der Waals surface area contributed by atoms with Gasteiger partial charge in [-0.15, -0.1) is 0 Å². The first-order valence-electron chi connectivity index (χ1n) is 17.4. The van der Waals surface area contributed by atoms with Gasteiger partial charge in [0.2, 0.25) is 0 Å². The van der Waals surface area contributed by atoms with E-state index in [1.807, 2.05) is 6.07 Å². The summed E-state index contributed by atoms with van der Waals surface area (Å²) in [6.45, 7) is 0. The van der Waals surface area contributed by atoms with E-state index in [1.165, 1.54) is 18.2 Å². The fraction of sp³-hybridized carbons (Fsp3) is 0.400. The smallest absolute Gasteiger partial charge is 0.166 e. The van der Waals surface area contributed by atoms with Crippen molar-refractivity contribution in [2.24, 2.45) is 0 Å². The average molecular weight is 775 g/mol. The quantitative estimate of drug-likeness (QED) is 0.135. The summed E-state index contributed by atoms with van der Waals surface area (Å²) in [7, 11) is -1.02. The molecule has 2 aliphatic rings. The third-order valence-electron chi connectivity index (χ3n) is 10.2. The maximum absolute atomic E-state index is 14.1. The highest BCUT2D eigenvalue weighted by Gasteiger charge is 2.40. The predicted octanol–water partition coefficient (Wildman–Crippen LogP) is 14.5. The van der Waals surface area contributed by atoms with Gasteiger partial charge < -0.3 is 0 Å². The molecule has 2 aliphatic carbocycles. The number of alkyl halides is 12.